The highest BCUT2D eigenvalue weighted by molar-refractivity contribution is 5.89. The number of ether oxygens (including phenoxy) is 1. The third-order valence-electron chi connectivity index (χ3n) is 8.47. The fourth-order valence-electron chi connectivity index (χ4n) is 6.86. The lowest BCUT2D eigenvalue weighted by Crippen LogP contribution is -2.56. The van der Waals surface area contributed by atoms with Crippen LogP contribution >= 0.6 is 0 Å². The summed E-state index contributed by atoms with van der Waals surface area (Å²) in [5.41, 5.74) is 1.04. The highest BCUT2D eigenvalue weighted by atomic mass is 19.1. The molecule has 2 aromatic carbocycles. The molecule has 3 aliphatic heterocycles. The van der Waals surface area contributed by atoms with Gasteiger partial charge in [-0.3, -0.25) is 9.78 Å². The van der Waals surface area contributed by atoms with Crippen LogP contribution in [0, 0.1) is 11.7 Å². The van der Waals surface area contributed by atoms with Crippen molar-refractivity contribution in [2.45, 2.75) is 62.4 Å². The van der Waals surface area contributed by atoms with Crippen molar-refractivity contribution in [1.29, 1.82) is 0 Å². The zero-order valence-electron chi connectivity index (χ0n) is 19.5. The molecule has 1 aromatic heterocycles. The maximum atomic E-state index is 15.0. The lowest BCUT2D eigenvalue weighted by Gasteiger charge is -2.46. The van der Waals surface area contributed by atoms with Gasteiger partial charge in [0.2, 0.25) is 5.91 Å². The molecule has 4 nitrogen and oxygen atoms in total. The summed E-state index contributed by atoms with van der Waals surface area (Å²) < 4.78 is 20.6. The fourth-order valence-corrected chi connectivity index (χ4v) is 6.86. The Morgan fingerprint density at radius 1 is 1.00 bits per heavy atom. The van der Waals surface area contributed by atoms with Crippen molar-refractivity contribution in [2.75, 3.05) is 13.2 Å². The van der Waals surface area contributed by atoms with E-state index in [2.05, 4.69) is 34.1 Å². The Labute approximate surface area is 200 Å². The average molecular weight is 459 g/mol. The number of nitrogens with zero attached hydrogens (tertiary/aromatic N) is 2. The molecular weight excluding hydrogens is 427 g/mol. The number of aromatic nitrogens is 1. The third-order valence-corrected chi connectivity index (χ3v) is 8.47. The molecule has 0 unspecified atom stereocenters. The molecule has 1 amide bonds. The number of rotatable bonds is 4. The maximum absolute atomic E-state index is 15.0. The largest absolute Gasteiger partial charge is 0.381 e. The van der Waals surface area contributed by atoms with Crippen molar-refractivity contribution < 1.29 is 13.9 Å². The van der Waals surface area contributed by atoms with Crippen molar-refractivity contribution in [3.05, 3.63) is 77.9 Å². The molecule has 3 aromatic rings. The summed E-state index contributed by atoms with van der Waals surface area (Å²) in [7, 11) is 0. The van der Waals surface area contributed by atoms with E-state index < -0.39 is 5.41 Å². The minimum absolute atomic E-state index is 0.124. The summed E-state index contributed by atoms with van der Waals surface area (Å²) >= 11 is 0. The van der Waals surface area contributed by atoms with Gasteiger partial charge < -0.3 is 9.64 Å². The molecule has 34 heavy (non-hydrogen) atoms. The molecule has 0 radical (unpaired) electrons. The quantitative estimate of drug-likeness (QED) is 0.523. The normalized spacial score (nSPS) is 26.0. The molecule has 0 aliphatic carbocycles. The van der Waals surface area contributed by atoms with Gasteiger partial charge >= 0.3 is 0 Å². The molecule has 176 valence electrons. The van der Waals surface area contributed by atoms with Gasteiger partial charge in [0, 0.05) is 48.6 Å². The van der Waals surface area contributed by atoms with Gasteiger partial charge in [0.15, 0.2) is 0 Å². The predicted octanol–water partition coefficient (Wildman–Crippen LogP) is 5.43. The van der Waals surface area contributed by atoms with Gasteiger partial charge in [0.1, 0.15) is 5.82 Å². The van der Waals surface area contributed by atoms with E-state index in [9.17, 15) is 9.18 Å². The summed E-state index contributed by atoms with van der Waals surface area (Å²) in [6.45, 7) is 1.000. The van der Waals surface area contributed by atoms with Gasteiger partial charge in [-0.05, 0) is 67.9 Å². The Hall–Kier alpha value is -2.79. The maximum Gasteiger partial charge on any atom is 0.234 e. The molecule has 2 bridgehead atoms. The fraction of sp³-hybridized carbons (Fsp3) is 0.448. The number of halogens is 1. The van der Waals surface area contributed by atoms with Crippen LogP contribution in [0.2, 0.25) is 0 Å². The van der Waals surface area contributed by atoms with Gasteiger partial charge in [-0.1, -0.05) is 42.5 Å². The van der Waals surface area contributed by atoms with E-state index in [-0.39, 0.29) is 23.8 Å². The minimum atomic E-state index is -0.809. The molecule has 0 N–H and O–H groups in total. The molecule has 3 saturated heterocycles. The van der Waals surface area contributed by atoms with E-state index in [1.165, 1.54) is 22.4 Å². The molecule has 3 fully saturated rings. The highest BCUT2D eigenvalue weighted by Crippen LogP contribution is 2.46. The topological polar surface area (TPSA) is 42.4 Å². The zero-order valence-corrected chi connectivity index (χ0v) is 19.5. The van der Waals surface area contributed by atoms with Crippen LogP contribution in [0.5, 0.6) is 0 Å². The summed E-state index contributed by atoms with van der Waals surface area (Å²) in [5.74, 6) is 0.385. The Bertz CT molecular complexity index is 1190. The van der Waals surface area contributed by atoms with E-state index in [4.69, 9.17) is 4.74 Å². The first-order chi connectivity index (χ1) is 16.7. The van der Waals surface area contributed by atoms with Crippen LogP contribution in [0.4, 0.5) is 4.39 Å². The number of piperidine rings is 1. The van der Waals surface area contributed by atoms with Crippen LogP contribution in [0.25, 0.3) is 10.8 Å². The van der Waals surface area contributed by atoms with Gasteiger partial charge in [-0.2, -0.15) is 0 Å². The SMILES string of the molecule is O=C(N1[C@H]2CC[C@H]1CC(Cc1cncc3ccccc13)C2)C1(c2ccccc2F)CCOCC1. The smallest absolute Gasteiger partial charge is 0.234 e. The Morgan fingerprint density at radius 3 is 2.47 bits per heavy atom. The minimum Gasteiger partial charge on any atom is -0.381 e. The van der Waals surface area contributed by atoms with Crippen molar-refractivity contribution in [1.82, 2.24) is 9.88 Å². The standard InChI is InChI=1S/C29H31FN2O2/c30-27-8-4-3-7-26(27)29(11-13-34-14-12-29)28(33)32-23-9-10-24(32)17-20(16-23)15-22-19-31-18-21-5-1-2-6-25(21)22/h1-8,18-20,23-24H,9-17H2/t23-,24-/m0/s1. The molecule has 0 saturated carbocycles. The van der Waals surface area contributed by atoms with E-state index in [0.29, 0.717) is 37.5 Å². The van der Waals surface area contributed by atoms with Gasteiger partial charge in [-0.15, -0.1) is 0 Å². The first-order valence-electron chi connectivity index (χ1n) is 12.6. The van der Waals surface area contributed by atoms with Gasteiger partial charge in [0.25, 0.3) is 0 Å². The van der Waals surface area contributed by atoms with Gasteiger partial charge in [-0.25, -0.2) is 4.39 Å². The molecule has 0 spiro atoms. The van der Waals surface area contributed by atoms with E-state index in [1.54, 1.807) is 12.1 Å². The van der Waals surface area contributed by atoms with E-state index in [1.807, 2.05) is 18.5 Å². The highest BCUT2D eigenvalue weighted by Gasteiger charge is 2.52. The van der Waals surface area contributed by atoms with Crippen LogP contribution in [0.3, 0.4) is 0 Å². The Morgan fingerprint density at radius 2 is 1.71 bits per heavy atom. The van der Waals surface area contributed by atoms with Crippen LogP contribution in [-0.2, 0) is 21.4 Å². The lowest BCUT2D eigenvalue weighted by atomic mass is 9.71. The van der Waals surface area contributed by atoms with Crippen LogP contribution in [0.15, 0.2) is 60.9 Å². The first kappa shape index (κ1) is 21.7. The summed E-state index contributed by atoms with van der Waals surface area (Å²) in [6.07, 6.45) is 10.1. The molecule has 4 heterocycles. The number of amides is 1. The number of hydrogen-bond donors (Lipinski definition) is 0. The molecule has 5 heteroatoms. The van der Waals surface area contributed by atoms with Crippen molar-refractivity contribution in [2.24, 2.45) is 5.92 Å². The number of carbonyl (C=O) groups excluding carboxylic acids is 1. The lowest BCUT2D eigenvalue weighted by molar-refractivity contribution is -0.147. The Balaban J connectivity index is 1.26. The van der Waals surface area contributed by atoms with Crippen molar-refractivity contribution in [3.63, 3.8) is 0 Å². The molecule has 6 rings (SSSR count). The van der Waals surface area contributed by atoms with Crippen molar-refractivity contribution >= 4 is 16.7 Å². The Kier molecular flexibility index (Phi) is 5.60. The van der Waals surface area contributed by atoms with Crippen LogP contribution in [0.1, 0.15) is 49.7 Å². The number of pyridine rings is 1. The summed E-state index contributed by atoms with van der Waals surface area (Å²) in [4.78, 5) is 20.9. The first-order valence-corrected chi connectivity index (χ1v) is 12.6. The second-order valence-electron chi connectivity index (χ2n) is 10.3. The number of carbonyl (C=O) groups is 1. The van der Waals surface area contributed by atoms with Crippen LogP contribution < -0.4 is 0 Å². The molecule has 2 atom stereocenters. The molecular formula is C29H31FN2O2. The predicted molar refractivity (Wildman–Crippen MR) is 130 cm³/mol. The van der Waals surface area contributed by atoms with Gasteiger partial charge in [0.05, 0.1) is 5.41 Å². The zero-order chi connectivity index (χ0) is 23.1. The molecule has 3 aliphatic rings. The second kappa shape index (κ2) is 8.77. The van der Waals surface area contributed by atoms with E-state index >= 15 is 0 Å². The van der Waals surface area contributed by atoms with Crippen LogP contribution in [-0.4, -0.2) is 41.1 Å². The third kappa shape index (κ3) is 3.61. The summed E-state index contributed by atoms with van der Waals surface area (Å²) in [6, 6.07) is 15.8. The number of benzene rings is 2. The monoisotopic (exact) mass is 458 g/mol. The summed E-state index contributed by atoms with van der Waals surface area (Å²) in [5, 5.41) is 2.46. The van der Waals surface area contributed by atoms with Crippen molar-refractivity contribution in [3.8, 4) is 0 Å². The average Bonchev–Trinajstić information content (AvgIpc) is 3.14. The second-order valence-corrected chi connectivity index (χ2v) is 10.3. The number of fused-ring (bicyclic) bond motifs is 3. The van der Waals surface area contributed by atoms with E-state index in [0.717, 1.165) is 32.1 Å². The number of hydrogen-bond acceptors (Lipinski definition) is 3.